The van der Waals surface area contributed by atoms with Crippen molar-refractivity contribution in [2.45, 2.75) is 31.7 Å². The number of carbonyl (C=O) groups is 4. The largest absolute Gasteiger partial charge is 0.424 e. The molecular weight excluding hydrogens is 437 g/mol. The lowest BCUT2D eigenvalue weighted by Gasteiger charge is -2.25. The van der Waals surface area contributed by atoms with E-state index in [1.807, 2.05) is 6.07 Å². The first kappa shape index (κ1) is 21.7. The molecule has 3 aromatic rings. The summed E-state index contributed by atoms with van der Waals surface area (Å²) in [6.07, 6.45) is 0.144. The van der Waals surface area contributed by atoms with Crippen LogP contribution in [-0.2, 0) is 11.2 Å². The molecule has 0 aromatic heterocycles. The highest BCUT2D eigenvalue weighted by atomic mass is 19.1. The summed E-state index contributed by atoms with van der Waals surface area (Å²) in [5, 5.41) is 0. The number of halogens is 1. The van der Waals surface area contributed by atoms with Gasteiger partial charge in [-0.3, -0.25) is 19.3 Å². The molecule has 7 heteroatoms. The summed E-state index contributed by atoms with van der Waals surface area (Å²) in [6, 6.07) is 16.4. The molecule has 1 heterocycles. The van der Waals surface area contributed by atoms with Crippen molar-refractivity contribution in [3.05, 3.63) is 100 Å². The Bertz CT molecular complexity index is 1320. The lowest BCUT2D eigenvalue weighted by Crippen LogP contribution is -2.48. The summed E-state index contributed by atoms with van der Waals surface area (Å²) >= 11 is 0. The topological polar surface area (TPSA) is 80.8 Å². The molecule has 2 aliphatic rings. The van der Waals surface area contributed by atoms with Gasteiger partial charge in [-0.1, -0.05) is 49.4 Å². The zero-order valence-corrected chi connectivity index (χ0v) is 18.3. The molecule has 1 aliphatic heterocycles. The number of ether oxygens (including phenoxy) is 1. The van der Waals surface area contributed by atoms with Crippen molar-refractivity contribution < 1.29 is 28.3 Å². The average Bonchev–Trinajstić information content (AvgIpc) is 3.28. The Morgan fingerprint density at radius 3 is 2.24 bits per heavy atom. The Morgan fingerprint density at radius 2 is 1.59 bits per heavy atom. The second kappa shape index (κ2) is 8.33. The number of Topliss-reactive ketones (excluding diaryl/α,β-unsaturated/α-hetero) is 1. The standard InChI is InChI=1S/C27H20FNO5/c1-15-13-21(30)24-22(12-11-19(28)23(15)24)34-27(33)20(14-16-7-3-2-4-8-16)29-25(31)17-9-5-6-10-18(17)26(29)32/h2-12,15,20H,13-14H2,1H3/t15?,20-/m0/s1. The normalized spacial score (nSPS) is 17.5. The number of benzene rings is 3. The minimum Gasteiger partial charge on any atom is -0.424 e. The SMILES string of the molecule is CC1CC(=O)c2c(OC(=O)[C@H](Cc3ccccc3)N3C(=O)c4ccccc4C3=O)ccc(F)c21. The molecule has 1 unspecified atom stereocenters. The van der Waals surface area contributed by atoms with Gasteiger partial charge in [0.25, 0.3) is 11.8 Å². The number of hydrogen-bond acceptors (Lipinski definition) is 5. The second-order valence-electron chi connectivity index (χ2n) is 8.52. The molecule has 5 rings (SSSR count). The Kier molecular flexibility index (Phi) is 5.32. The molecule has 2 amide bonds. The van der Waals surface area contributed by atoms with E-state index in [1.54, 1.807) is 43.3 Å². The van der Waals surface area contributed by atoms with Crippen LogP contribution in [0.3, 0.4) is 0 Å². The molecule has 6 nitrogen and oxygen atoms in total. The minimum atomic E-state index is -1.27. The van der Waals surface area contributed by atoms with Crippen LogP contribution < -0.4 is 4.74 Å². The fraction of sp³-hybridized carbons (Fsp3) is 0.185. The summed E-state index contributed by atoms with van der Waals surface area (Å²) in [5.74, 6) is -3.30. The van der Waals surface area contributed by atoms with Crippen molar-refractivity contribution in [1.29, 1.82) is 0 Å². The van der Waals surface area contributed by atoms with Crippen molar-refractivity contribution in [2.24, 2.45) is 0 Å². The number of fused-ring (bicyclic) bond motifs is 2. The van der Waals surface area contributed by atoms with Crippen LogP contribution in [-0.4, -0.2) is 34.5 Å². The zero-order valence-electron chi connectivity index (χ0n) is 18.3. The van der Waals surface area contributed by atoms with E-state index in [1.165, 1.54) is 18.2 Å². The number of amides is 2. The van der Waals surface area contributed by atoms with Crippen LogP contribution in [0.25, 0.3) is 0 Å². The molecular formula is C27H20FNO5. The summed E-state index contributed by atoms with van der Waals surface area (Å²) in [5.41, 5.74) is 1.41. The second-order valence-corrected chi connectivity index (χ2v) is 8.52. The Balaban J connectivity index is 1.53. The summed E-state index contributed by atoms with van der Waals surface area (Å²) in [6.45, 7) is 1.73. The highest BCUT2D eigenvalue weighted by Crippen LogP contribution is 2.40. The first-order chi connectivity index (χ1) is 16.4. The van der Waals surface area contributed by atoms with Crippen LogP contribution in [0.2, 0.25) is 0 Å². The van der Waals surface area contributed by atoms with Crippen molar-refractivity contribution >= 4 is 23.6 Å². The van der Waals surface area contributed by atoms with Gasteiger partial charge in [0.2, 0.25) is 0 Å². The lowest BCUT2D eigenvalue weighted by atomic mass is 10.0. The molecule has 0 radical (unpaired) electrons. The maximum atomic E-state index is 14.4. The number of hydrogen-bond donors (Lipinski definition) is 0. The maximum absolute atomic E-state index is 14.4. The highest BCUT2D eigenvalue weighted by molar-refractivity contribution is 6.22. The zero-order chi connectivity index (χ0) is 24.0. The van der Waals surface area contributed by atoms with E-state index in [2.05, 4.69) is 0 Å². The minimum absolute atomic E-state index is 0.0267. The summed E-state index contributed by atoms with van der Waals surface area (Å²) in [4.78, 5) is 53.1. The Hall–Kier alpha value is -4.13. The molecule has 0 saturated carbocycles. The Labute approximate surface area is 195 Å². The van der Waals surface area contributed by atoms with Crippen molar-refractivity contribution in [2.75, 3.05) is 0 Å². The predicted molar refractivity (Wildman–Crippen MR) is 120 cm³/mol. The monoisotopic (exact) mass is 457 g/mol. The van der Waals surface area contributed by atoms with Crippen LogP contribution in [0.1, 0.15) is 61.5 Å². The van der Waals surface area contributed by atoms with Crippen LogP contribution in [0.15, 0.2) is 66.7 Å². The fourth-order valence-corrected chi connectivity index (χ4v) is 4.70. The van der Waals surface area contributed by atoms with E-state index in [0.29, 0.717) is 0 Å². The third kappa shape index (κ3) is 3.50. The molecule has 0 spiro atoms. The fourth-order valence-electron chi connectivity index (χ4n) is 4.70. The quantitative estimate of drug-likeness (QED) is 0.324. The summed E-state index contributed by atoms with van der Waals surface area (Å²) < 4.78 is 20.0. The smallest absolute Gasteiger partial charge is 0.335 e. The molecule has 34 heavy (non-hydrogen) atoms. The highest BCUT2D eigenvalue weighted by Gasteiger charge is 2.44. The van der Waals surface area contributed by atoms with Crippen molar-refractivity contribution in [1.82, 2.24) is 4.90 Å². The lowest BCUT2D eigenvalue weighted by molar-refractivity contribution is -0.138. The third-order valence-electron chi connectivity index (χ3n) is 6.31. The molecule has 0 bridgehead atoms. The molecule has 2 atom stereocenters. The van der Waals surface area contributed by atoms with Gasteiger partial charge in [0.15, 0.2) is 5.78 Å². The van der Waals surface area contributed by atoms with Gasteiger partial charge in [0.1, 0.15) is 17.6 Å². The molecule has 0 N–H and O–H groups in total. The number of carbonyl (C=O) groups excluding carboxylic acids is 4. The number of rotatable bonds is 5. The molecule has 170 valence electrons. The number of imide groups is 1. The maximum Gasteiger partial charge on any atom is 0.335 e. The van der Waals surface area contributed by atoms with Crippen LogP contribution in [0.4, 0.5) is 4.39 Å². The summed E-state index contributed by atoms with van der Waals surface area (Å²) in [7, 11) is 0. The van der Waals surface area contributed by atoms with Crippen LogP contribution in [0, 0.1) is 5.82 Å². The molecule has 0 fully saturated rings. The van der Waals surface area contributed by atoms with Crippen LogP contribution >= 0.6 is 0 Å². The molecule has 0 saturated heterocycles. The van der Waals surface area contributed by atoms with Gasteiger partial charge < -0.3 is 4.74 Å². The number of esters is 1. The molecule has 1 aliphatic carbocycles. The van der Waals surface area contributed by atoms with E-state index >= 15 is 0 Å². The van der Waals surface area contributed by atoms with Gasteiger partial charge in [0, 0.05) is 18.4 Å². The first-order valence-electron chi connectivity index (χ1n) is 10.9. The van der Waals surface area contributed by atoms with Gasteiger partial charge >= 0.3 is 5.97 Å². The van der Waals surface area contributed by atoms with E-state index in [4.69, 9.17) is 4.74 Å². The van der Waals surface area contributed by atoms with E-state index in [9.17, 15) is 23.6 Å². The van der Waals surface area contributed by atoms with Gasteiger partial charge in [-0.05, 0) is 35.7 Å². The average molecular weight is 457 g/mol. The predicted octanol–water partition coefficient (Wildman–Crippen LogP) is 4.33. The first-order valence-corrected chi connectivity index (χ1v) is 10.9. The van der Waals surface area contributed by atoms with Gasteiger partial charge in [0.05, 0.1) is 16.7 Å². The van der Waals surface area contributed by atoms with E-state index in [0.717, 1.165) is 16.5 Å². The van der Waals surface area contributed by atoms with Crippen molar-refractivity contribution in [3.8, 4) is 5.75 Å². The van der Waals surface area contributed by atoms with Gasteiger partial charge in [-0.25, -0.2) is 9.18 Å². The van der Waals surface area contributed by atoms with E-state index < -0.39 is 29.6 Å². The molecule has 3 aromatic carbocycles. The van der Waals surface area contributed by atoms with Gasteiger partial charge in [-0.15, -0.1) is 0 Å². The van der Waals surface area contributed by atoms with Gasteiger partial charge in [-0.2, -0.15) is 0 Å². The van der Waals surface area contributed by atoms with Crippen molar-refractivity contribution in [3.63, 3.8) is 0 Å². The van der Waals surface area contributed by atoms with E-state index in [-0.39, 0.29) is 52.5 Å². The number of nitrogens with zero attached hydrogens (tertiary/aromatic N) is 1. The van der Waals surface area contributed by atoms with Crippen LogP contribution in [0.5, 0.6) is 5.75 Å². The Morgan fingerprint density at radius 1 is 0.971 bits per heavy atom. The third-order valence-corrected chi connectivity index (χ3v) is 6.31. The number of ketones is 1.